The number of rotatable bonds is 3. The first-order valence-electron chi connectivity index (χ1n) is 5.24. The largest absolute Gasteiger partial charge is 0.398 e. The van der Waals surface area contributed by atoms with Gasteiger partial charge >= 0.3 is 0 Å². The molecule has 76 valence electrons. The molecule has 0 heterocycles. The van der Waals surface area contributed by atoms with E-state index in [0.717, 1.165) is 25.0 Å². The van der Waals surface area contributed by atoms with Gasteiger partial charge in [-0.3, -0.25) is 0 Å². The molecule has 0 spiro atoms. The zero-order chi connectivity index (χ0) is 10.4. The van der Waals surface area contributed by atoms with Crippen molar-refractivity contribution in [3.63, 3.8) is 0 Å². The smallest absolute Gasteiger partial charge is 0.0349 e. The molecule has 0 amide bonds. The maximum Gasteiger partial charge on any atom is 0.0349 e. The van der Waals surface area contributed by atoms with Crippen LogP contribution in [0, 0.1) is 0 Å². The van der Waals surface area contributed by atoms with Gasteiger partial charge in [0.15, 0.2) is 0 Å². The first-order valence-corrected chi connectivity index (χ1v) is 5.24. The first kappa shape index (κ1) is 10.8. The Kier molecular flexibility index (Phi) is 4.24. The molecule has 0 aliphatic heterocycles. The van der Waals surface area contributed by atoms with Crippen LogP contribution in [-0.4, -0.2) is 0 Å². The van der Waals surface area contributed by atoms with Crippen LogP contribution >= 0.6 is 0 Å². The van der Waals surface area contributed by atoms with Gasteiger partial charge in [0.1, 0.15) is 0 Å². The lowest BCUT2D eigenvalue weighted by Crippen LogP contribution is -2.04. The Labute approximate surface area is 86.7 Å². The van der Waals surface area contributed by atoms with E-state index in [2.05, 4.69) is 32.1 Å². The van der Waals surface area contributed by atoms with E-state index >= 15 is 0 Å². The Hall–Kier alpha value is -1.24. The molecule has 1 rings (SSSR count). The summed E-state index contributed by atoms with van der Waals surface area (Å²) in [5.74, 6) is 0. The van der Waals surface area contributed by atoms with Crippen LogP contribution in [0.4, 0.5) is 0 Å². The highest BCUT2D eigenvalue weighted by Crippen LogP contribution is 2.22. The molecule has 1 aliphatic rings. The van der Waals surface area contributed by atoms with Gasteiger partial charge in [-0.2, -0.15) is 0 Å². The second-order valence-corrected chi connectivity index (χ2v) is 3.56. The highest BCUT2D eigenvalue weighted by Gasteiger charge is 2.06. The van der Waals surface area contributed by atoms with E-state index in [1.54, 1.807) is 0 Å². The molecule has 1 aliphatic carbocycles. The molecule has 1 nitrogen and oxygen atoms in total. The molecule has 0 saturated carbocycles. The number of allylic oxidation sites excluding steroid dienone is 7. The quantitative estimate of drug-likeness (QED) is 0.676. The summed E-state index contributed by atoms with van der Waals surface area (Å²) in [4.78, 5) is 0. The highest BCUT2D eigenvalue weighted by molar-refractivity contribution is 5.41. The van der Waals surface area contributed by atoms with Gasteiger partial charge in [-0.25, -0.2) is 0 Å². The molecule has 0 fully saturated rings. The Morgan fingerprint density at radius 3 is 3.00 bits per heavy atom. The van der Waals surface area contributed by atoms with Gasteiger partial charge in [-0.05, 0) is 43.4 Å². The van der Waals surface area contributed by atoms with Gasteiger partial charge in [-0.15, -0.1) is 0 Å². The van der Waals surface area contributed by atoms with Gasteiger partial charge in [0, 0.05) is 5.70 Å². The van der Waals surface area contributed by atoms with Gasteiger partial charge in [-0.1, -0.05) is 31.2 Å². The monoisotopic (exact) mass is 189 g/mol. The normalized spacial score (nSPS) is 18.3. The minimum atomic E-state index is 0.913. The molecule has 0 aromatic heterocycles. The van der Waals surface area contributed by atoms with Crippen molar-refractivity contribution in [2.45, 2.75) is 33.1 Å². The van der Waals surface area contributed by atoms with E-state index in [9.17, 15) is 0 Å². The minimum Gasteiger partial charge on any atom is -0.398 e. The molecule has 0 saturated heterocycles. The molecule has 0 radical (unpaired) electrons. The maximum absolute atomic E-state index is 6.00. The van der Waals surface area contributed by atoms with E-state index in [-0.39, 0.29) is 0 Å². The zero-order valence-corrected chi connectivity index (χ0v) is 9.09. The molecular formula is C13H19N. The molecular weight excluding hydrogens is 170 g/mol. The fourth-order valence-electron chi connectivity index (χ4n) is 1.57. The molecule has 0 aromatic rings. The first-order chi connectivity index (χ1) is 6.75. The van der Waals surface area contributed by atoms with Crippen LogP contribution in [0.1, 0.15) is 33.1 Å². The summed E-state index contributed by atoms with van der Waals surface area (Å²) in [7, 11) is 0. The van der Waals surface area contributed by atoms with E-state index in [1.165, 1.54) is 11.1 Å². The van der Waals surface area contributed by atoms with Crippen molar-refractivity contribution in [2.75, 3.05) is 0 Å². The zero-order valence-electron chi connectivity index (χ0n) is 9.09. The summed E-state index contributed by atoms with van der Waals surface area (Å²) in [5, 5.41) is 0. The van der Waals surface area contributed by atoms with E-state index in [0.29, 0.717) is 0 Å². The van der Waals surface area contributed by atoms with E-state index in [1.807, 2.05) is 12.2 Å². The van der Waals surface area contributed by atoms with E-state index in [4.69, 9.17) is 5.73 Å². The lowest BCUT2D eigenvalue weighted by molar-refractivity contribution is 0.940. The summed E-state index contributed by atoms with van der Waals surface area (Å²) in [6.07, 6.45) is 13.7. The van der Waals surface area contributed by atoms with Crippen molar-refractivity contribution in [3.05, 3.63) is 47.2 Å². The Morgan fingerprint density at radius 1 is 1.57 bits per heavy atom. The van der Waals surface area contributed by atoms with Crippen LogP contribution < -0.4 is 5.73 Å². The second-order valence-electron chi connectivity index (χ2n) is 3.56. The Morgan fingerprint density at radius 2 is 2.36 bits per heavy atom. The third kappa shape index (κ3) is 2.91. The van der Waals surface area contributed by atoms with Gasteiger partial charge in [0.2, 0.25) is 0 Å². The summed E-state index contributed by atoms with van der Waals surface area (Å²) in [6.45, 7) is 4.24. The fraction of sp³-hybridized carbons (Fsp3) is 0.385. The average Bonchev–Trinajstić information content (AvgIpc) is 2.18. The van der Waals surface area contributed by atoms with Crippen LogP contribution in [0.15, 0.2) is 47.2 Å². The number of hydrogen-bond donors (Lipinski definition) is 1. The molecule has 14 heavy (non-hydrogen) atoms. The van der Waals surface area contributed by atoms with Crippen molar-refractivity contribution < 1.29 is 0 Å². The van der Waals surface area contributed by atoms with E-state index < -0.39 is 0 Å². The molecule has 0 bridgehead atoms. The third-order valence-corrected chi connectivity index (χ3v) is 2.40. The number of nitrogens with two attached hydrogens (primary N) is 1. The Balaban J connectivity index is 2.77. The molecule has 2 N–H and O–H groups in total. The fourth-order valence-corrected chi connectivity index (χ4v) is 1.57. The molecule has 0 aromatic carbocycles. The predicted molar refractivity (Wildman–Crippen MR) is 62.8 cm³/mol. The van der Waals surface area contributed by atoms with Crippen molar-refractivity contribution in [2.24, 2.45) is 5.73 Å². The van der Waals surface area contributed by atoms with Crippen LogP contribution in [0.25, 0.3) is 0 Å². The molecule has 1 heteroatoms. The van der Waals surface area contributed by atoms with Gasteiger partial charge in [0.25, 0.3) is 0 Å². The topological polar surface area (TPSA) is 26.0 Å². The van der Waals surface area contributed by atoms with Crippen LogP contribution in [0.5, 0.6) is 0 Å². The van der Waals surface area contributed by atoms with Crippen LogP contribution in [0.3, 0.4) is 0 Å². The summed E-state index contributed by atoms with van der Waals surface area (Å²) >= 11 is 0. The lowest BCUT2D eigenvalue weighted by atomic mass is 9.96. The van der Waals surface area contributed by atoms with Crippen LogP contribution in [-0.2, 0) is 0 Å². The Bertz CT molecular complexity index is 303. The number of hydrogen-bond acceptors (Lipinski definition) is 1. The lowest BCUT2D eigenvalue weighted by Gasteiger charge is -2.12. The maximum atomic E-state index is 6.00. The second kappa shape index (κ2) is 5.48. The third-order valence-electron chi connectivity index (χ3n) is 2.40. The average molecular weight is 189 g/mol. The van der Waals surface area contributed by atoms with Crippen molar-refractivity contribution in [1.82, 2.24) is 0 Å². The van der Waals surface area contributed by atoms with Crippen LogP contribution in [0.2, 0.25) is 0 Å². The van der Waals surface area contributed by atoms with Crippen molar-refractivity contribution >= 4 is 0 Å². The summed E-state index contributed by atoms with van der Waals surface area (Å²) in [6, 6.07) is 0. The van der Waals surface area contributed by atoms with Crippen molar-refractivity contribution in [1.29, 1.82) is 0 Å². The van der Waals surface area contributed by atoms with Gasteiger partial charge in [0.05, 0.1) is 0 Å². The van der Waals surface area contributed by atoms with Crippen molar-refractivity contribution in [3.8, 4) is 0 Å². The summed E-state index contributed by atoms with van der Waals surface area (Å²) < 4.78 is 0. The summed E-state index contributed by atoms with van der Waals surface area (Å²) in [5.41, 5.74) is 9.51. The minimum absolute atomic E-state index is 0.913. The molecule has 0 unspecified atom stereocenters. The predicted octanol–water partition coefficient (Wildman–Crippen LogP) is 3.46. The van der Waals surface area contributed by atoms with Gasteiger partial charge < -0.3 is 5.73 Å². The standard InChI is InChI=1S/C13H19N/c1-3-4-5-10-13(14)12-9-7-6-8-11(12)2/h4-6,8,10H,3,7,9,14H2,1-2H3/b5-4-,13-10-. The SMILES string of the molecule is CC/C=C\C=C(/N)C1=C(C)C=CCC1. The molecule has 0 atom stereocenters. The highest BCUT2D eigenvalue weighted by atomic mass is 14.6.